The summed E-state index contributed by atoms with van der Waals surface area (Å²) in [5.74, 6) is -0.211. The van der Waals surface area contributed by atoms with Crippen molar-refractivity contribution in [2.75, 3.05) is 20.3 Å². The molecule has 130 valence electrons. The van der Waals surface area contributed by atoms with Crippen LogP contribution in [0.3, 0.4) is 0 Å². The molecule has 1 aromatic carbocycles. The van der Waals surface area contributed by atoms with E-state index in [1.807, 2.05) is 17.5 Å². The van der Waals surface area contributed by atoms with Crippen LogP contribution in [0.5, 0.6) is 0 Å². The highest BCUT2D eigenvalue weighted by atomic mass is 32.1. The number of hydrogen-bond acceptors (Lipinski definition) is 5. The molecule has 3 aromatic rings. The zero-order valence-electron chi connectivity index (χ0n) is 14.1. The van der Waals surface area contributed by atoms with Crippen molar-refractivity contribution in [2.24, 2.45) is 7.05 Å². The summed E-state index contributed by atoms with van der Waals surface area (Å²) in [6.45, 7) is 1.37. The molecule has 0 aliphatic heterocycles. The number of ether oxygens (including phenoxy) is 1. The molecule has 6 nitrogen and oxygen atoms in total. The van der Waals surface area contributed by atoms with Gasteiger partial charge in [-0.25, -0.2) is 4.68 Å². The summed E-state index contributed by atoms with van der Waals surface area (Å²) in [5.41, 5.74) is 0.0687. The van der Waals surface area contributed by atoms with E-state index in [-0.39, 0.29) is 17.2 Å². The van der Waals surface area contributed by atoms with E-state index in [4.69, 9.17) is 4.74 Å². The van der Waals surface area contributed by atoms with E-state index in [9.17, 15) is 9.59 Å². The number of carbonyl (C=O) groups excluding carboxylic acids is 1. The van der Waals surface area contributed by atoms with E-state index in [0.717, 1.165) is 4.88 Å². The van der Waals surface area contributed by atoms with Crippen molar-refractivity contribution in [2.45, 2.75) is 6.54 Å². The smallest absolute Gasteiger partial charge is 0.275 e. The lowest BCUT2D eigenvalue weighted by molar-refractivity contribution is 0.0676. The highest BCUT2D eigenvalue weighted by molar-refractivity contribution is 7.09. The van der Waals surface area contributed by atoms with E-state index >= 15 is 0 Å². The molecule has 2 aromatic heterocycles. The lowest BCUT2D eigenvalue weighted by Crippen LogP contribution is -2.35. The zero-order chi connectivity index (χ0) is 17.8. The van der Waals surface area contributed by atoms with Crippen molar-refractivity contribution in [1.29, 1.82) is 0 Å². The first-order chi connectivity index (χ1) is 12.1. The second-order valence-electron chi connectivity index (χ2n) is 5.62. The standard InChI is InChI=1S/C18H19N3O3S/c1-20-17(22)15-8-4-3-7-14(15)16(19-20)18(23)21(9-10-24-2)12-13-6-5-11-25-13/h3-8,11H,9-10,12H2,1-2H3. The average Bonchev–Trinajstić information content (AvgIpc) is 3.14. The Kier molecular flexibility index (Phi) is 5.25. The monoisotopic (exact) mass is 357 g/mol. The molecular weight excluding hydrogens is 338 g/mol. The van der Waals surface area contributed by atoms with E-state index in [1.165, 1.54) is 4.68 Å². The summed E-state index contributed by atoms with van der Waals surface area (Å²) in [6, 6.07) is 11.0. The number of thiophene rings is 1. The Morgan fingerprint density at radius 3 is 2.68 bits per heavy atom. The largest absolute Gasteiger partial charge is 0.383 e. The molecule has 0 aliphatic rings. The summed E-state index contributed by atoms with van der Waals surface area (Å²) < 4.78 is 6.36. The van der Waals surface area contributed by atoms with Crippen LogP contribution in [0.4, 0.5) is 0 Å². The van der Waals surface area contributed by atoms with Crippen LogP contribution in [0, 0.1) is 0 Å². The normalized spacial score (nSPS) is 11.0. The maximum atomic E-state index is 13.2. The predicted octanol–water partition coefficient (Wildman–Crippen LogP) is 2.28. The third kappa shape index (κ3) is 3.62. The van der Waals surface area contributed by atoms with Crippen LogP contribution in [0.2, 0.25) is 0 Å². The predicted molar refractivity (Wildman–Crippen MR) is 97.9 cm³/mol. The topological polar surface area (TPSA) is 64.4 Å². The van der Waals surface area contributed by atoms with Crippen LogP contribution < -0.4 is 5.56 Å². The number of amides is 1. The fourth-order valence-corrected chi connectivity index (χ4v) is 3.37. The summed E-state index contributed by atoms with van der Waals surface area (Å²) in [4.78, 5) is 28.2. The highest BCUT2D eigenvalue weighted by Crippen LogP contribution is 2.18. The average molecular weight is 357 g/mol. The second kappa shape index (κ2) is 7.58. The van der Waals surface area contributed by atoms with Crippen LogP contribution in [-0.2, 0) is 18.3 Å². The highest BCUT2D eigenvalue weighted by Gasteiger charge is 2.22. The van der Waals surface area contributed by atoms with Gasteiger partial charge in [-0.15, -0.1) is 11.3 Å². The molecule has 2 heterocycles. The molecule has 0 saturated carbocycles. The van der Waals surface area contributed by atoms with E-state index in [1.54, 1.807) is 54.7 Å². The third-order valence-electron chi connectivity index (χ3n) is 3.94. The van der Waals surface area contributed by atoms with Crippen molar-refractivity contribution in [3.63, 3.8) is 0 Å². The van der Waals surface area contributed by atoms with Gasteiger partial charge in [0.25, 0.3) is 11.5 Å². The molecule has 0 radical (unpaired) electrons. The number of aromatic nitrogens is 2. The molecule has 0 bridgehead atoms. The van der Waals surface area contributed by atoms with Crippen molar-refractivity contribution >= 4 is 28.0 Å². The molecule has 25 heavy (non-hydrogen) atoms. The molecule has 0 N–H and O–H groups in total. The molecule has 1 amide bonds. The fourth-order valence-electron chi connectivity index (χ4n) is 2.65. The second-order valence-corrected chi connectivity index (χ2v) is 6.65. The molecule has 0 aliphatic carbocycles. The van der Waals surface area contributed by atoms with Gasteiger partial charge >= 0.3 is 0 Å². The number of hydrogen-bond donors (Lipinski definition) is 0. The maximum Gasteiger partial charge on any atom is 0.275 e. The Hall–Kier alpha value is -2.51. The molecule has 0 unspecified atom stereocenters. The van der Waals surface area contributed by atoms with Gasteiger partial charge in [0.05, 0.1) is 18.5 Å². The number of fused-ring (bicyclic) bond motifs is 1. The van der Waals surface area contributed by atoms with Gasteiger partial charge in [0.1, 0.15) is 0 Å². The van der Waals surface area contributed by atoms with Gasteiger partial charge in [-0.2, -0.15) is 5.10 Å². The molecule has 7 heteroatoms. The number of nitrogens with zero attached hydrogens (tertiary/aromatic N) is 3. The maximum absolute atomic E-state index is 13.2. The number of carbonyl (C=O) groups is 1. The van der Waals surface area contributed by atoms with Crippen LogP contribution in [0.1, 0.15) is 15.4 Å². The minimum atomic E-state index is -0.214. The van der Waals surface area contributed by atoms with Crippen LogP contribution in [0.25, 0.3) is 10.8 Å². The molecule has 0 fully saturated rings. The molecule has 0 saturated heterocycles. The van der Waals surface area contributed by atoms with Gasteiger partial charge in [0.2, 0.25) is 0 Å². The first-order valence-electron chi connectivity index (χ1n) is 7.88. The summed E-state index contributed by atoms with van der Waals surface area (Å²) in [5, 5.41) is 7.28. The lowest BCUT2D eigenvalue weighted by Gasteiger charge is -2.22. The Morgan fingerprint density at radius 2 is 2.00 bits per heavy atom. The number of benzene rings is 1. The zero-order valence-corrected chi connectivity index (χ0v) is 15.0. The minimum Gasteiger partial charge on any atom is -0.383 e. The Bertz CT molecular complexity index is 934. The number of aryl methyl sites for hydroxylation is 1. The quantitative estimate of drug-likeness (QED) is 0.679. The SMILES string of the molecule is COCCN(Cc1cccs1)C(=O)c1nn(C)c(=O)c2ccccc12. The summed E-state index contributed by atoms with van der Waals surface area (Å²) in [7, 11) is 3.16. The van der Waals surface area contributed by atoms with Crippen molar-refractivity contribution in [3.8, 4) is 0 Å². The van der Waals surface area contributed by atoms with Gasteiger partial charge in [-0.3, -0.25) is 9.59 Å². The molecular formula is C18H19N3O3S. The van der Waals surface area contributed by atoms with Crippen LogP contribution >= 0.6 is 11.3 Å². The van der Waals surface area contributed by atoms with Gasteiger partial charge in [-0.05, 0) is 17.5 Å². The van der Waals surface area contributed by atoms with Gasteiger partial charge in [-0.1, -0.05) is 24.3 Å². The minimum absolute atomic E-state index is 0.211. The van der Waals surface area contributed by atoms with Crippen LogP contribution in [0.15, 0.2) is 46.6 Å². The molecule has 0 spiro atoms. The first-order valence-corrected chi connectivity index (χ1v) is 8.76. The van der Waals surface area contributed by atoms with Gasteiger partial charge < -0.3 is 9.64 Å². The van der Waals surface area contributed by atoms with Gasteiger partial charge in [0.15, 0.2) is 5.69 Å². The van der Waals surface area contributed by atoms with E-state index in [0.29, 0.717) is 30.5 Å². The number of rotatable bonds is 6. The Labute approximate surface area is 149 Å². The summed E-state index contributed by atoms with van der Waals surface area (Å²) >= 11 is 1.60. The first kappa shape index (κ1) is 17.3. The number of methoxy groups -OCH3 is 1. The van der Waals surface area contributed by atoms with Crippen molar-refractivity contribution in [3.05, 3.63) is 62.7 Å². The van der Waals surface area contributed by atoms with Crippen LogP contribution in [-0.4, -0.2) is 40.8 Å². The fraction of sp³-hybridized carbons (Fsp3) is 0.278. The Morgan fingerprint density at radius 1 is 1.24 bits per heavy atom. The molecule has 0 atom stereocenters. The summed E-state index contributed by atoms with van der Waals surface area (Å²) in [6.07, 6.45) is 0. The van der Waals surface area contributed by atoms with Crippen molar-refractivity contribution in [1.82, 2.24) is 14.7 Å². The van der Waals surface area contributed by atoms with Gasteiger partial charge in [0, 0.05) is 31.0 Å². The van der Waals surface area contributed by atoms with E-state index < -0.39 is 0 Å². The molecule has 3 rings (SSSR count). The van der Waals surface area contributed by atoms with E-state index in [2.05, 4.69) is 5.10 Å². The lowest BCUT2D eigenvalue weighted by atomic mass is 10.1. The Balaban J connectivity index is 2.03. The third-order valence-corrected chi connectivity index (χ3v) is 4.80. The van der Waals surface area contributed by atoms with Crippen molar-refractivity contribution < 1.29 is 9.53 Å².